The second-order valence-corrected chi connectivity index (χ2v) is 5.65. The van der Waals surface area contributed by atoms with Gasteiger partial charge in [-0.3, -0.25) is 4.79 Å². The van der Waals surface area contributed by atoms with E-state index in [0.717, 1.165) is 16.9 Å². The minimum Gasteiger partial charge on any atom is -0.481 e. The van der Waals surface area contributed by atoms with Crippen LogP contribution in [-0.4, -0.2) is 12.0 Å². The van der Waals surface area contributed by atoms with Crippen LogP contribution in [-0.2, 0) is 4.79 Å². The molecule has 0 fully saturated rings. The van der Waals surface area contributed by atoms with Crippen LogP contribution in [0.25, 0.3) is 0 Å². The standard InChI is InChI=1S/C19H23NO2/c1-13-10-11-18(12-14(13)2)22-16(4)19(21)20-15(3)17-8-6-5-7-9-17/h5-12,15-16H,1-4H3,(H,20,21)/t15-,16-/m1/s1. The lowest BCUT2D eigenvalue weighted by Gasteiger charge is -2.19. The van der Waals surface area contributed by atoms with E-state index < -0.39 is 6.10 Å². The number of carbonyl (C=O) groups excluding carboxylic acids is 1. The van der Waals surface area contributed by atoms with Gasteiger partial charge < -0.3 is 10.1 Å². The smallest absolute Gasteiger partial charge is 0.261 e. The van der Waals surface area contributed by atoms with Crippen LogP contribution in [0.4, 0.5) is 0 Å². The molecule has 0 aliphatic carbocycles. The summed E-state index contributed by atoms with van der Waals surface area (Å²) in [6, 6.07) is 15.7. The summed E-state index contributed by atoms with van der Waals surface area (Å²) < 4.78 is 5.74. The highest BCUT2D eigenvalue weighted by molar-refractivity contribution is 5.81. The Hall–Kier alpha value is -2.29. The van der Waals surface area contributed by atoms with Gasteiger partial charge in [0.05, 0.1) is 6.04 Å². The summed E-state index contributed by atoms with van der Waals surface area (Å²) in [7, 11) is 0. The average molecular weight is 297 g/mol. The lowest BCUT2D eigenvalue weighted by molar-refractivity contribution is -0.127. The predicted molar refractivity (Wildman–Crippen MR) is 89.0 cm³/mol. The molecule has 0 saturated heterocycles. The molecule has 2 aromatic rings. The molecule has 0 heterocycles. The molecule has 1 amide bonds. The van der Waals surface area contributed by atoms with Crippen molar-refractivity contribution in [3.05, 3.63) is 65.2 Å². The Balaban J connectivity index is 1.95. The van der Waals surface area contributed by atoms with Gasteiger partial charge in [0.15, 0.2) is 6.10 Å². The third-order valence-electron chi connectivity index (χ3n) is 3.82. The lowest BCUT2D eigenvalue weighted by Crippen LogP contribution is -2.37. The number of benzene rings is 2. The van der Waals surface area contributed by atoms with E-state index in [9.17, 15) is 4.79 Å². The molecule has 0 aromatic heterocycles. The maximum Gasteiger partial charge on any atom is 0.261 e. The Morgan fingerprint density at radius 1 is 1.00 bits per heavy atom. The Morgan fingerprint density at radius 3 is 2.32 bits per heavy atom. The summed E-state index contributed by atoms with van der Waals surface area (Å²) in [4.78, 5) is 12.2. The van der Waals surface area contributed by atoms with E-state index in [1.807, 2.05) is 62.4 Å². The van der Waals surface area contributed by atoms with Gasteiger partial charge in [-0.15, -0.1) is 0 Å². The number of hydrogen-bond donors (Lipinski definition) is 1. The van der Waals surface area contributed by atoms with Crippen LogP contribution < -0.4 is 10.1 Å². The molecule has 0 radical (unpaired) electrons. The van der Waals surface area contributed by atoms with Crippen LogP contribution in [0.3, 0.4) is 0 Å². The molecule has 1 N–H and O–H groups in total. The zero-order valence-corrected chi connectivity index (χ0v) is 13.6. The van der Waals surface area contributed by atoms with Gasteiger partial charge >= 0.3 is 0 Å². The fourth-order valence-electron chi connectivity index (χ4n) is 2.20. The first-order valence-corrected chi connectivity index (χ1v) is 7.56. The summed E-state index contributed by atoms with van der Waals surface area (Å²) >= 11 is 0. The SMILES string of the molecule is Cc1ccc(O[C@H](C)C(=O)N[C@H](C)c2ccccc2)cc1C. The normalized spacial score (nSPS) is 13.3. The summed E-state index contributed by atoms with van der Waals surface area (Å²) in [6.07, 6.45) is -0.534. The topological polar surface area (TPSA) is 38.3 Å². The molecule has 0 bridgehead atoms. The summed E-state index contributed by atoms with van der Waals surface area (Å²) in [6.45, 7) is 7.82. The molecule has 3 nitrogen and oxygen atoms in total. The lowest BCUT2D eigenvalue weighted by atomic mass is 10.1. The monoisotopic (exact) mass is 297 g/mol. The van der Waals surface area contributed by atoms with Crippen LogP contribution in [0, 0.1) is 13.8 Å². The fourth-order valence-corrected chi connectivity index (χ4v) is 2.20. The third kappa shape index (κ3) is 4.10. The highest BCUT2D eigenvalue weighted by atomic mass is 16.5. The van der Waals surface area contributed by atoms with Crippen molar-refractivity contribution in [1.82, 2.24) is 5.32 Å². The molecule has 2 atom stereocenters. The maximum atomic E-state index is 12.2. The number of hydrogen-bond acceptors (Lipinski definition) is 2. The Kier molecular flexibility index (Phi) is 5.21. The second kappa shape index (κ2) is 7.12. The van der Waals surface area contributed by atoms with Gasteiger partial charge in [0.2, 0.25) is 0 Å². The van der Waals surface area contributed by atoms with E-state index in [4.69, 9.17) is 4.74 Å². The van der Waals surface area contributed by atoms with Gasteiger partial charge in [-0.1, -0.05) is 36.4 Å². The van der Waals surface area contributed by atoms with Crippen LogP contribution in [0.5, 0.6) is 5.75 Å². The molecule has 2 rings (SSSR count). The van der Waals surface area contributed by atoms with Gasteiger partial charge in [0.25, 0.3) is 5.91 Å². The van der Waals surface area contributed by atoms with Crippen LogP contribution >= 0.6 is 0 Å². The first-order chi connectivity index (χ1) is 10.5. The van der Waals surface area contributed by atoms with Gasteiger partial charge in [-0.25, -0.2) is 0 Å². The van der Waals surface area contributed by atoms with Crippen LogP contribution in [0.2, 0.25) is 0 Å². The van der Waals surface area contributed by atoms with Crippen molar-refractivity contribution in [3.63, 3.8) is 0 Å². The molecule has 116 valence electrons. The maximum absolute atomic E-state index is 12.2. The van der Waals surface area contributed by atoms with Crippen molar-refractivity contribution >= 4 is 5.91 Å². The van der Waals surface area contributed by atoms with Crippen molar-refractivity contribution < 1.29 is 9.53 Å². The van der Waals surface area contributed by atoms with E-state index in [2.05, 4.69) is 12.2 Å². The molecule has 0 aliphatic heterocycles. The fraction of sp³-hybridized carbons (Fsp3) is 0.316. The van der Waals surface area contributed by atoms with Crippen LogP contribution in [0.15, 0.2) is 48.5 Å². The molecule has 0 aliphatic rings. The van der Waals surface area contributed by atoms with Gasteiger partial charge in [0, 0.05) is 0 Å². The largest absolute Gasteiger partial charge is 0.481 e. The second-order valence-electron chi connectivity index (χ2n) is 5.65. The zero-order chi connectivity index (χ0) is 16.1. The molecule has 2 aromatic carbocycles. The van der Waals surface area contributed by atoms with E-state index in [-0.39, 0.29) is 11.9 Å². The molecule has 0 unspecified atom stereocenters. The third-order valence-corrected chi connectivity index (χ3v) is 3.82. The Labute approximate surface area is 132 Å². The van der Waals surface area contributed by atoms with Gasteiger partial charge in [0.1, 0.15) is 5.75 Å². The van der Waals surface area contributed by atoms with Gasteiger partial charge in [-0.05, 0) is 56.5 Å². The summed E-state index contributed by atoms with van der Waals surface area (Å²) in [5.74, 6) is 0.604. The summed E-state index contributed by atoms with van der Waals surface area (Å²) in [5, 5.41) is 2.98. The van der Waals surface area contributed by atoms with Crippen molar-refractivity contribution in [2.24, 2.45) is 0 Å². The molecular formula is C19H23NO2. The van der Waals surface area contributed by atoms with E-state index in [1.165, 1.54) is 5.56 Å². The highest BCUT2D eigenvalue weighted by Crippen LogP contribution is 2.18. The summed E-state index contributed by atoms with van der Waals surface area (Å²) in [5.41, 5.74) is 3.44. The van der Waals surface area contributed by atoms with E-state index in [0.29, 0.717) is 0 Å². The minimum atomic E-state index is -0.534. The van der Waals surface area contributed by atoms with Crippen molar-refractivity contribution in [3.8, 4) is 5.75 Å². The number of nitrogens with one attached hydrogen (secondary N) is 1. The Morgan fingerprint density at radius 2 is 1.68 bits per heavy atom. The molecule has 0 spiro atoms. The van der Waals surface area contributed by atoms with E-state index >= 15 is 0 Å². The highest BCUT2D eigenvalue weighted by Gasteiger charge is 2.17. The molecule has 0 saturated carbocycles. The number of carbonyl (C=O) groups is 1. The quantitative estimate of drug-likeness (QED) is 0.907. The zero-order valence-electron chi connectivity index (χ0n) is 13.6. The first kappa shape index (κ1) is 16.1. The Bertz CT molecular complexity index is 637. The van der Waals surface area contributed by atoms with Crippen molar-refractivity contribution in [2.75, 3.05) is 0 Å². The minimum absolute atomic E-state index is 0.0421. The number of rotatable bonds is 5. The molecule has 3 heteroatoms. The average Bonchev–Trinajstić information content (AvgIpc) is 2.51. The van der Waals surface area contributed by atoms with Crippen LogP contribution in [0.1, 0.15) is 36.6 Å². The van der Waals surface area contributed by atoms with Crippen molar-refractivity contribution in [2.45, 2.75) is 39.8 Å². The number of ether oxygens (including phenoxy) is 1. The van der Waals surface area contributed by atoms with Crippen molar-refractivity contribution in [1.29, 1.82) is 0 Å². The predicted octanol–water partition coefficient (Wildman–Crippen LogP) is 3.95. The molecule has 22 heavy (non-hydrogen) atoms. The van der Waals surface area contributed by atoms with Gasteiger partial charge in [-0.2, -0.15) is 0 Å². The first-order valence-electron chi connectivity index (χ1n) is 7.56. The molecular weight excluding hydrogens is 274 g/mol. The number of amides is 1. The number of aryl methyl sites for hydroxylation is 2. The van der Waals surface area contributed by atoms with E-state index in [1.54, 1.807) is 6.92 Å².